The molecule has 0 bridgehead atoms. The van der Waals surface area contributed by atoms with E-state index < -0.39 is 25.3 Å². The van der Waals surface area contributed by atoms with Crippen LogP contribution in [0, 0.1) is 0 Å². The largest absolute Gasteiger partial charge is 0.480 e. The van der Waals surface area contributed by atoms with E-state index in [1.807, 2.05) is 0 Å². The second-order valence-electron chi connectivity index (χ2n) is 4.28. The predicted octanol–water partition coefficient (Wildman–Crippen LogP) is 1.78. The highest BCUT2D eigenvalue weighted by Crippen LogP contribution is 2.35. The van der Waals surface area contributed by atoms with Gasteiger partial charge in [0.05, 0.1) is 5.02 Å². The molecule has 0 aliphatic rings. The van der Waals surface area contributed by atoms with Crippen LogP contribution in [0.4, 0.5) is 0 Å². The first kappa shape index (κ1) is 20.8. The molecular formula is C11H15Cl2N2O6P. The second-order valence-corrected chi connectivity index (χ2v) is 7.62. The molecule has 0 amide bonds. The van der Waals surface area contributed by atoms with Crippen LogP contribution in [0.5, 0.6) is 0 Å². The van der Waals surface area contributed by atoms with Crippen molar-refractivity contribution >= 4 is 42.5 Å². The SMILES string of the molecule is CP(=O)(O)CCC(N)C(=O)O.O=C(O)c1nc(Cl)ccc1Cl. The number of aliphatic carboxylic acids is 1. The lowest BCUT2D eigenvalue weighted by atomic mass is 10.2. The number of halogens is 2. The Hall–Kier alpha value is -1.18. The lowest BCUT2D eigenvalue weighted by Crippen LogP contribution is -2.30. The Labute approximate surface area is 136 Å². The molecule has 2 unspecified atom stereocenters. The Morgan fingerprint density at radius 2 is 1.91 bits per heavy atom. The minimum absolute atomic E-state index is 0.0412. The third-order valence-electron chi connectivity index (χ3n) is 2.19. The van der Waals surface area contributed by atoms with Gasteiger partial charge in [0.2, 0.25) is 0 Å². The monoisotopic (exact) mass is 372 g/mol. The van der Waals surface area contributed by atoms with Gasteiger partial charge >= 0.3 is 11.9 Å². The molecule has 1 rings (SSSR count). The zero-order valence-electron chi connectivity index (χ0n) is 11.4. The molecular weight excluding hydrogens is 358 g/mol. The summed E-state index contributed by atoms with van der Waals surface area (Å²) in [5.74, 6) is -2.32. The molecule has 0 radical (unpaired) electrons. The first-order chi connectivity index (χ1) is 9.94. The minimum atomic E-state index is -3.10. The Morgan fingerprint density at radius 3 is 2.27 bits per heavy atom. The third kappa shape index (κ3) is 8.96. The molecule has 22 heavy (non-hydrogen) atoms. The van der Waals surface area contributed by atoms with Crippen LogP contribution in [-0.2, 0) is 9.36 Å². The maximum absolute atomic E-state index is 10.6. The summed E-state index contributed by atoms with van der Waals surface area (Å²) in [6.45, 7) is 1.18. The van der Waals surface area contributed by atoms with E-state index >= 15 is 0 Å². The standard InChI is InChI=1S/C6H3Cl2NO2.C5H12NO4P/c7-3-1-2-4(8)9-5(3)6(10)11;1-11(9,10)3-2-4(6)5(7)8/h1-2H,(H,10,11);4H,2-3,6H2,1H3,(H,7,8)(H,9,10). The van der Waals surface area contributed by atoms with Crippen LogP contribution in [0.2, 0.25) is 10.2 Å². The van der Waals surface area contributed by atoms with Gasteiger partial charge in [-0.25, -0.2) is 9.78 Å². The van der Waals surface area contributed by atoms with Crippen LogP contribution in [0.1, 0.15) is 16.9 Å². The number of aromatic nitrogens is 1. The van der Waals surface area contributed by atoms with E-state index in [0.29, 0.717) is 0 Å². The highest BCUT2D eigenvalue weighted by Gasteiger charge is 2.16. The first-order valence-electron chi connectivity index (χ1n) is 5.77. The Morgan fingerprint density at radius 1 is 1.36 bits per heavy atom. The quantitative estimate of drug-likeness (QED) is 0.450. The van der Waals surface area contributed by atoms with Gasteiger partial charge in [0.25, 0.3) is 0 Å². The van der Waals surface area contributed by atoms with Gasteiger partial charge < -0.3 is 20.8 Å². The number of carbonyl (C=O) groups is 2. The summed E-state index contributed by atoms with van der Waals surface area (Å²) >= 11 is 10.9. The summed E-state index contributed by atoms with van der Waals surface area (Å²) in [6.07, 6.45) is 0.0000772. The van der Waals surface area contributed by atoms with Crippen LogP contribution in [0.25, 0.3) is 0 Å². The molecule has 2 atom stereocenters. The molecule has 1 aromatic heterocycles. The summed E-state index contributed by atoms with van der Waals surface area (Å²) in [6, 6.07) is 1.78. The normalized spacial score (nSPS) is 14.2. The maximum atomic E-state index is 10.6. The van der Waals surface area contributed by atoms with Crippen molar-refractivity contribution in [2.24, 2.45) is 5.73 Å². The third-order valence-corrected chi connectivity index (χ3v) is 3.79. The van der Waals surface area contributed by atoms with E-state index in [2.05, 4.69) is 4.98 Å². The molecule has 124 valence electrons. The van der Waals surface area contributed by atoms with E-state index in [1.54, 1.807) is 0 Å². The number of carboxylic acids is 2. The van der Waals surface area contributed by atoms with Gasteiger partial charge in [0.15, 0.2) is 13.1 Å². The fourth-order valence-electron chi connectivity index (χ4n) is 1.07. The van der Waals surface area contributed by atoms with Crippen molar-refractivity contribution in [1.82, 2.24) is 4.98 Å². The maximum Gasteiger partial charge on any atom is 0.356 e. The molecule has 0 aliphatic carbocycles. The highest BCUT2D eigenvalue weighted by atomic mass is 35.5. The fourth-order valence-corrected chi connectivity index (χ4v) is 2.16. The Bertz CT molecular complexity index is 592. The number of hydrogen-bond donors (Lipinski definition) is 4. The van der Waals surface area contributed by atoms with E-state index in [9.17, 15) is 14.2 Å². The molecule has 0 saturated heterocycles. The van der Waals surface area contributed by atoms with Crippen molar-refractivity contribution in [2.45, 2.75) is 12.5 Å². The molecule has 8 nitrogen and oxygen atoms in total. The summed E-state index contributed by atoms with van der Waals surface area (Å²) in [5.41, 5.74) is 4.87. The van der Waals surface area contributed by atoms with Gasteiger partial charge in [0.1, 0.15) is 11.2 Å². The van der Waals surface area contributed by atoms with Crippen LogP contribution in [0.15, 0.2) is 12.1 Å². The van der Waals surface area contributed by atoms with Crippen molar-refractivity contribution in [3.05, 3.63) is 28.0 Å². The van der Waals surface area contributed by atoms with Crippen molar-refractivity contribution in [2.75, 3.05) is 12.8 Å². The predicted molar refractivity (Wildman–Crippen MR) is 82.1 cm³/mol. The van der Waals surface area contributed by atoms with Gasteiger partial charge in [-0.15, -0.1) is 0 Å². The molecule has 0 aliphatic heterocycles. The van der Waals surface area contributed by atoms with Crippen LogP contribution in [0.3, 0.4) is 0 Å². The second kappa shape index (κ2) is 9.07. The number of carboxylic acid groups (broad SMARTS) is 2. The number of rotatable bonds is 5. The molecule has 1 heterocycles. The zero-order valence-corrected chi connectivity index (χ0v) is 13.8. The van der Waals surface area contributed by atoms with Gasteiger partial charge in [-0.1, -0.05) is 23.2 Å². The van der Waals surface area contributed by atoms with Gasteiger partial charge in [0, 0.05) is 12.8 Å². The number of hydrogen-bond acceptors (Lipinski definition) is 5. The zero-order chi connectivity index (χ0) is 17.5. The summed E-state index contributed by atoms with van der Waals surface area (Å²) in [5, 5.41) is 17.0. The van der Waals surface area contributed by atoms with Crippen molar-refractivity contribution in [1.29, 1.82) is 0 Å². The van der Waals surface area contributed by atoms with Crippen LogP contribution >= 0.6 is 30.6 Å². The fraction of sp³-hybridized carbons (Fsp3) is 0.364. The van der Waals surface area contributed by atoms with Crippen molar-refractivity contribution in [3.8, 4) is 0 Å². The van der Waals surface area contributed by atoms with Gasteiger partial charge in [-0.2, -0.15) is 0 Å². The lowest BCUT2D eigenvalue weighted by Gasteiger charge is -2.07. The molecule has 11 heteroatoms. The summed E-state index contributed by atoms with van der Waals surface area (Å²) in [4.78, 5) is 32.7. The Balaban J connectivity index is 0.000000401. The number of nitrogens with two attached hydrogens (primary N) is 1. The van der Waals surface area contributed by atoms with Crippen molar-refractivity contribution in [3.63, 3.8) is 0 Å². The van der Waals surface area contributed by atoms with Crippen LogP contribution in [-0.4, -0.2) is 50.9 Å². The van der Waals surface area contributed by atoms with E-state index in [1.165, 1.54) is 18.8 Å². The molecule has 0 saturated carbocycles. The summed E-state index contributed by atoms with van der Waals surface area (Å²) < 4.78 is 10.6. The van der Waals surface area contributed by atoms with E-state index in [-0.39, 0.29) is 28.5 Å². The summed E-state index contributed by atoms with van der Waals surface area (Å²) in [7, 11) is -3.10. The molecule has 0 fully saturated rings. The smallest absolute Gasteiger partial charge is 0.356 e. The highest BCUT2D eigenvalue weighted by molar-refractivity contribution is 7.57. The van der Waals surface area contributed by atoms with Crippen molar-refractivity contribution < 1.29 is 29.3 Å². The number of nitrogens with zero attached hydrogens (tertiary/aromatic N) is 1. The molecule has 1 aromatic rings. The number of aromatic carboxylic acids is 1. The van der Waals surface area contributed by atoms with Gasteiger partial charge in [-0.05, 0) is 18.6 Å². The lowest BCUT2D eigenvalue weighted by molar-refractivity contribution is -0.138. The molecule has 0 aromatic carbocycles. The molecule has 0 spiro atoms. The average Bonchev–Trinajstić information content (AvgIpc) is 2.38. The van der Waals surface area contributed by atoms with Gasteiger partial charge in [-0.3, -0.25) is 9.36 Å². The minimum Gasteiger partial charge on any atom is -0.480 e. The average molecular weight is 373 g/mol. The number of pyridine rings is 1. The first-order valence-corrected chi connectivity index (χ1v) is 8.82. The van der Waals surface area contributed by atoms with E-state index in [4.69, 9.17) is 44.0 Å². The Kier molecular flexibility index (Phi) is 8.58. The topological polar surface area (TPSA) is 151 Å². The van der Waals surface area contributed by atoms with Crippen LogP contribution < -0.4 is 5.73 Å². The van der Waals surface area contributed by atoms with E-state index in [0.717, 1.165) is 0 Å². The molecule has 5 N–H and O–H groups in total.